The van der Waals surface area contributed by atoms with Gasteiger partial charge in [-0.15, -0.1) is 0 Å². The Hall–Kier alpha value is 0.0700. The molecule has 1 aromatic carbocycles. The van der Waals surface area contributed by atoms with Gasteiger partial charge < -0.3 is 5.73 Å². The van der Waals surface area contributed by atoms with Gasteiger partial charge in [0.1, 0.15) is 5.82 Å². The van der Waals surface area contributed by atoms with Gasteiger partial charge >= 0.3 is 0 Å². The van der Waals surface area contributed by atoms with E-state index in [4.69, 9.17) is 5.73 Å². The van der Waals surface area contributed by atoms with Crippen LogP contribution >= 0.6 is 31.9 Å². The number of hydrogen-bond acceptors (Lipinski definition) is 1. The first-order valence-corrected chi connectivity index (χ1v) is 4.58. The van der Waals surface area contributed by atoms with Crippen LogP contribution in [0.1, 0.15) is 5.56 Å². The molecular formula is C7H6Br2FN. The Morgan fingerprint density at radius 2 is 2.00 bits per heavy atom. The van der Waals surface area contributed by atoms with Gasteiger partial charge in [-0.05, 0) is 33.6 Å². The maximum absolute atomic E-state index is 12.8. The lowest BCUT2D eigenvalue weighted by molar-refractivity contribution is 0.617. The fraction of sp³-hybridized carbons (Fsp3) is 0.143. The Bertz CT molecular complexity index is 275. The standard InChI is InChI=1S/C7H6Br2FN/c8-5-1-2-6(10)7(9)4(5)3-11/h1-2H,3,11H2. The van der Waals surface area contributed by atoms with Crippen molar-refractivity contribution < 1.29 is 4.39 Å². The summed E-state index contributed by atoms with van der Waals surface area (Å²) in [7, 11) is 0. The number of benzene rings is 1. The molecule has 0 saturated carbocycles. The van der Waals surface area contributed by atoms with E-state index >= 15 is 0 Å². The van der Waals surface area contributed by atoms with E-state index < -0.39 is 0 Å². The highest BCUT2D eigenvalue weighted by Crippen LogP contribution is 2.27. The third-order valence-electron chi connectivity index (χ3n) is 1.34. The van der Waals surface area contributed by atoms with Gasteiger partial charge in [-0.3, -0.25) is 0 Å². The van der Waals surface area contributed by atoms with Gasteiger partial charge in [0, 0.05) is 11.0 Å². The van der Waals surface area contributed by atoms with Gasteiger partial charge in [0.15, 0.2) is 0 Å². The quantitative estimate of drug-likeness (QED) is 0.788. The van der Waals surface area contributed by atoms with Crippen molar-refractivity contribution in [1.29, 1.82) is 0 Å². The minimum absolute atomic E-state index is 0.284. The lowest BCUT2D eigenvalue weighted by Gasteiger charge is -2.04. The van der Waals surface area contributed by atoms with Crippen LogP contribution in [0.2, 0.25) is 0 Å². The van der Waals surface area contributed by atoms with E-state index in [1.54, 1.807) is 6.07 Å². The normalized spacial score (nSPS) is 10.2. The molecule has 0 unspecified atom stereocenters. The van der Waals surface area contributed by atoms with Crippen molar-refractivity contribution in [3.8, 4) is 0 Å². The maximum atomic E-state index is 12.8. The number of nitrogens with two attached hydrogens (primary N) is 1. The van der Waals surface area contributed by atoms with Gasteiger partial charge in [-0.25, -0.2) is 4.39 Å². The first-order chi connectivity index (χ1) is 5.16. The Morgan fingerprint density at radius 3 is 2.45 bits per heavy atom. The lowest BCUT2D eigenvalue weighted by Crippen LogP contribution is -1.99. The molecule has 0 amide bonds. The van der Waals surface area contributed by atoms with Crippen molar-refractivity contribution >= 4 is 31.9 Å². The fourth-order valence-electron chi connectivity index (χ4n) is 0.756. The Morgan fingerprint density at radius 1 is 1.36 bits per heavy atom. The third kappa shape index (κ3) is 1.80. The molecule has 0 spiro atoms. The summed E-state index contributed by atoms with van der Waals surface area (Å²) in [4.78, 5) is 0. The van der Waals surface area contributed by atoms with Crippen LogP contribution in [0.25, 0.3) is 0 Å². The van der Waals surface area contributed by atoms with Crippen molar-refractivity contribution in [2.45, 2.75) is 6.54 Å². The van der Waals surface area contributed by atoms with E-state index in [1.807, 2.05) is 0 Å². The summed E-state index contributed by atoms with van der Waals surface area (Å²) in [6, 6.07) is 3.02. The molecule has 1 nitrogen and oxygen atoms in total. The van der Waals surface area contributed by atoms with Crippen LogP contribution in [0.4, 0.5) is 4.39 Å². The first-order valence-electron chi connectivity index (χ1n) is 2.99. The van der Waals surface area contributed by atoms with Crippen LogP contribution in [0.5, 0.6) is 0 Å². The topological polar surface area (TPSA) is 26.0 Å². The molecule has 0 radical (unpaired) electrons. The average Bonchev–Trinajstić information content (AvgIpc) is 1.99. The summed E-state index contributed by atoms with van der Waals surface area (Å²) in [5.74, 6) is -0.284. The van der Waals surface area contributed by atoms with Crippen molar-refractivity contribution in [3.05, 3.63) is 32.5 Å². The SMILES string of the molecule is NCc1c(Br)ccc(F)c1Br. The highest BCUT2D eigenvalue weighted by molar-refractivity contribution is 9.11. The van der Waals surface area contributed by atoms with Crippen molar-refractivity contribution in [1.82, 2.24) is 0 Å². The van der Waals surface area contributed by atoms with Crippen LogP contribution in [0, 0.1) is 5.82 Å². The van der Waals surface area contributed by atoms with Gasteiger partial charge in [0.05, 0.1) is 4.47 Å². The van der Waals surface area contributed by atoms with E-state index in [1.165, 1.54) is 6.07 Å². The minimum Gasteiger partial charge on any atom is -0.326 e. The third-order valence-corrected chi connectivity index (χ3v) is 2.94. The van der Waals surface area contributed by atoms with Crippen LogP contribution in [-0.2, 0) is 6.54 Å². The second kappa shape index (κ2) is 3.65. The molecule has 60 valence electrons. The molecule has 11 heavy (non-hydrogen) atoms. The van der Waals surface area contributed by atoms with Crippen LogP contribution in [0.15, 0.2) is 21.1 Å². The second-order valence-corrected chi connectivity index (χ2v) is 3.67. The zero-order chi connectivity index (χ0) is 8.43. The number of halogens is 3. The average molecular weight is 283 g/mol. The van der Waals surface area contributed by atoms with Crippen LogP contribution in [0.3, 0.4) is 0 Å². The highest BCUT2D eigenvalue weighted by Gasteiger charge is 2.07. The fourth-order valence-corrected chi connectivity index (χ4v) is 2.02. The van der Waals surface area contributed by atoms with E-state index in [9.17, 15) is 4.39 Å². The smallest absolute Gasteiger partial charge is 0.137 e. The van der Waals surface area contributed by atoms with Gasteiger partial charge in [-0.1, -0.05) is 15.9 Å². The van der Waals surface area contributed by atoms with Gasteiger partial charge in [0.25, 0.3) is 0 Å². The van der Waals surface area contributed by atoms with Crippen LogP contribution < -0.4 is 5.73 Å². The van der Waals surface area contributed by atoms with Crippen molar-refractivity contribution in [2.24, 2.45) is 5.73 Å². The molecule has 0 aliphatic carbocycles. The van der Waals surface area contributed by atoms with E-state index in [0.717, 1.165) is 10.0 Å². The van der Waals surface area contributed by atoms with Gasteiger partial charge in [0.2, 0.25) is 0 Å². The van der Waals surface area contributed by atoms with Crippen LogP contribution in [-0.4, -0.2) is 0 Å². The molecule has 0 heterocycles. The Labute approximate surface area is 81.0 Å². The molecule has 0 fully saturated rings. The summed E-state index contributed by atoms with van der Waals surface area (Å²) in [6.07, 6.45) is 0. The lowest BCUT2D eigenvalue weighted by atomic mass is 10.2. The number of rotatable bonds is 1. The predicted molar refractivity (Wildman–Crippen MR) is 49.7 cm³/mol. The van der Waals surface area contributed by atoms with Crippen molar-refractivity contribution in [2.75, 3.05) is 0 Å². The number of hydrogen-bond donors (Lipinski definition) is 1. The maximum Gasteiger partial charge on any atom is 0.137 e. The summed E-state index contributed by atoms with van der Waals surface area (Å²) in [5.41, 5.74) is 6.15. The molecular weight excluding hydrogens is 277 g/mol. The summed E-state index contributed by atoms with van der Waals surface area (Å²) in [6.45, 7) is 0.318. The Kier molecular flexibility index (Phi) is 3.04. The van der Waals surface area contributed by atoms with E-state index in [2.05, 4.69) is 31.9 Å². The largest absolute Gasteiger partial charge is 0.326 e. The highest BCUT2D eigenvalue weighted by atomic mass is 79.9. The second-order valence-electron chi connectivity index (χ2n) is 2.03. The molecule has 2 N–H and O–H groups in total. The Balaban J connectivity index is 3.29. The predicted octanol–water partition coefficient (Wildman–Crippen LogP) is 2.81. The molecule has 0 aromatic heterocycles. The summed E-state index contributed by atoms with van der Waals surface area (Å²) in [5, 5.41) is 0. The van der Waals surface area contributed by atoms with Gasteiger partial charge in [-0.2, -0.15) is 0 Å². The van der Waals surface area contributed by atoms with E-state index in [-0.39, 0.29) is 5.82 Å². The molecule has 0 atom stereocenters. The zero-order valence-corrected chi connectivity index (χ0v) is 8.75. The molecule has 4 heteroatoms. The van der Waals surface area contributed by atoms with Crippen molar-refractivity contribution in [3.63, 3.8) is 0 Å². The molecule has 0 aliphatic rings. The molecule has 1 rings (SSSR count). The molecule has 0 bridgehead atoms. The first kappa shape index (κ1) is 9.16. The molecule has 0 saturated heterocycles. The minimum atomic E-state index is -0.284. The molecule has 0 aliphatic heterocycles. The summed E-state index contributed by atoms with van der Waals surface area (Å²) < 4.78 is 14.1. The summed E-state index contributed by atoms with van der Waals surface area (Å²) >= 11 is 6.37. The zero-order valence-electron chi connectivity index (χ0n) is 5.57. The van der Waals surface area contributed by atoms with E-state index in [0.29, 0.717) is 11.0 Å². The molecule has 1 aromatic rings. The monoisotopic (exact) mass is 281 g/mol.